The molecule has 0 unspecified atom stereocenters. The highest BCUT2D eigenvalue weighted by Gasteiger charge is 2.53. The lowest BCUT2D eigenvalue weighted by Crippen LogP contribution is -2.41. The van der Waals surface area contributed by atoms with E-state index < -0.39 is 43.1 Å². The summed E-state index contributed by atoms with van der Waals surface area (Å²) in [7, 11) is 0. The van der Waals surface area contributed by atoms with E-state index >= 15 is 0 Å². The number of amides is 2. The Bertz CT molecular complexity index is 408. The average molecular weight is 308 g/mol. The Morgan fingerprint density at radius 3 is 2.29 bits per heavy atom. The van der Waals surface area contributed by atoms with Crippen molar-refractivity contribution in [2.24, 2.45) is 17.8 Å². The normalized spacial score (nSPS) is 27.1. The lowest BCUT2D eigenvalue weighted by molar-refractivity contribution is -0.187. The van der Waals surface area contributed by atoms with Crippen molar-refractivity contribution >= 4 is 12.0 Å². The molecule has 2 aliphatic rings. The Morgan fingerprint density at radius 1 is 1.19 bits per heavy atom. The number of carbonyl (C=O) groups excluding carboxylic acids is 1. The predicted octanol–water partition coefficient (Wildman–Crippen LogP) is 2.08. The molecule has 1 saturated heterocycles. The van der Waals surface area contributed by atoms with Gasteiger partial charge in [0, 0.05) is 19.6 Å². The molecule has 0 aromatic heterocycles. The van der Waals surface area contributed by atoms with Crippen LogP contribution in [0.5, 0.6) is 0 Å². The maximum atomic E-state index is 12.8. The van der Waals surface area contributed by atoms with Gasteiger partial charge in [-0.25, -0.2) is 4.79 Å². The SMILES string of the molecule is O=C(O)[C@@H]1CN(C(=O)NCC2CCCC2)C[C@H]1C(F)(F)F. The van der Waals surface area contributed by atoms with Gasteiger partial charge in [0.15, 0.2) is 0 Å². The minimum Gasteiger partial charge on any atom is -0.481 e. The largest absolute Gasteiger partial charge is 0.481 e. The number of hydrogen-bond acceptors (Lipinski definition) is 2. The van der Waals surface area contributed by atoms with Crippen LogP contribution in [-0.2, 0) is 4.79 Å². The molecule has 21 heavy (non-hydrogen) atoms. The number of carboxylic acid groups (broad SMARTS) is 1. The first-order chi connectivity index (χ1) is 9.79. The summed E-state index contributed by atoms with van der Waals surface area (Å²) in [6, 6.07) is -0.597. The first-order valence-corrected chi connectivity index (χ1v) is 7.11. The maximum Gasteiger partial charge on any atom is 0.394 e. The number of rotatable bonds is 3. The highest BCUT2D eigenvalue weighted by atomic mass is 19.4. The number of alkyl halides is 3. The quantitative estimate of drug-likeness (QED) is 0.838. The van der Waals surface area contributed by atoms with Crippen molar-refractivity contribution in [1.29, 1.82) is 0 Å². The van der Waals surface area contributed by atoms with Gasteiger partial charge in [0.2, 0.25) is 0 Å². The molecule has 2 N–H and O–H groups in total. The topological polar surface area (TPSA) is 69.6 Å². The van der Waals surface area contributed by atoms with Crippen LogP contribution in [0.3, 0.4) is 0 Å². The summed E-state index contributed by atoms with van der Waals surface area (Å²) >= 11 is 0. The van der Waals surface area contributed by atoms with Crippen LogP contribution < -0.4 is 5.32 Å². The van der Waals surface area contributed by atoms with Crippen molar-refractivity contribution in [3.8, 4) is 0 Å². The van der Waals surface area contributed by atoms with E-state index in [1.165, 1.54) is 0 Å². The van der Waals surface area contributed by atoms with Crippen LogP contribution >= 0.6 is 0 Å². The second-order valence-electron chi connectivity index (χ2n) is 5.83. The van der Waals surface area contributed by atoms with E-state index in [0.717, 1.165) is 30.6 Å². The summed E-state index contributed by atoms with van der Waals surface area (Å²) in [6.07, 6.45) is -0.348. The summed E-state index contributed by atoms with van der Waals surface area (Å²) in [5.74, 6) is -4.71. The summed E-state index contributed by atoms with van der Waals surface area (Å²) in [5, 5.41) is 11.5. The number of nitrogens with one attached hydrogen (secondary N) is 1. The molecular formula is C13H19F3N2O3. The molecule has 1 heterocycles. The van der Waals surface area contributed by atoms with Gasteiger partial charge in [-0.15, -0.1) is 0 Å². The molecule has 2 fully saturated rings. The molecule has 8 heteroatoms. The van der Waals surface area contributed by atoms with E-state index in [0.29, 0.717) is 12.5 Å². The molecule has 1 aliphatic heterocycles. The number of likely N-dealkylation sites (tertiary alicyclic amines) is 1. The number of carbonyl (C=O) groups is 2. The third kappa shape index (κ3) is 3.79. The fourth-order valence-electron chi connectivity index (χ4n) is 3.11. The van der Waals surface area contributed by atoms with Crippen molar-refractivity contribution in [3.05, 3.63) is 0 Å². The molecule has 1 saturated carbocycles. The minimum absolute atomic E-state index is 0.380. The Labute approximate surface area is 120 Å². The molecule has 0 aromatic carbocycles. The number of carboxylic acids is 1. The Hall–Kier alpha value is -1.47. The standard InChI is InChI=1S/C13H19F3N2O3/c14-13(15,16)10-7-18(6-9(10)11(19)20)12(21)17-5-8-3-1-2-4-8/h8-10H,1-7H2,(H,17,21)(H,19,20)/t9-,10-/m1/s1. The van der Waals surface area contributed by atoms with Gasteiger partial charge in [-0.1, -0.05) is 12.8 Å². The van der Waals surface area contributed by atoms with Gasteiger partial charge in [0.25, 0.3) is 0 Å². The lowest BCUT2D eigenvalue weighted by Gasteiger charge is -2.19. The molecule has 5 nitrogen and oxygen atoms in total. The number of nitrogens with zero attached hydrogens (tertiary/aromatic N) is 1. The van der Waals surface area contributed by atoms with Crippen LogP contribution in [0.15, 0.2) is 0 Å². The molecule has 0 bridgehead atoms. The Morgan fingerprint density at radius 2 is 1.81 bits per heavy atom. The van der Waals surface area contributed by atoms with Crippen LogP contribution in [-0.4, -0.2) is 47.8 Å². The number of aliphatic carboxylic acids is 1. The molecular weight excluding hydrogens is 289 g/mol. The van der Waals surface area contributed by atoms with Crippen molar-refractivity contribution < 1.29 is 27.9 Å². The van der Waals surface area contributed by atoms with Gasteiger partial charge in [-0.05, 0) is 18.8 Å². The molecule has 0 radical (unpaired) electrons. The highest BCUT2D eigenvalue weighted by molar-refractivity contribution is 5.77. The van der Waals surface area contributed by atoms with Crippen LogP contribution in [0.1, 0.15) is 25.7 Å². The molecule has 1 aliphatic carbocycles. The zero-order valence-corrected chi connectivity index (χ0v) is 11.5. The summed E-state index contributed by atoms with van der Waals surface area (Å²) in [4.78, 5) is 23.8. The van der Waals surface area contributed by atoms with Gasteiger partial charge >= 0.3 is 18.2 Å². The highest BCUT2D eigenvalue weighted by Crippen LogP contribution is 2.37. The van der Waals surface area contributed by atoms with Gasteiger partial charge in [0.1, 0.15) is 0 Å². The summed E-state index contributed by atoms with van der Waals surface area (Å²) in [5.41, 5.74) is 0. The molecule has 0 aromatic rings. The van der Waals surface area contributed by atoms with E-state index in [2.05, 4.69) is 5.32 Å². The number of hydrogen-bond donors (Lipinski definition) is 2. The molecule has 2 rings (SSSR count). The van der Waals surface area contributed by atoms with E-state index in [1.54, 1.807) is 0 Å². The molecule has 120 valence electrons. The van der Waals surface area contributed by atoms with E-state index in [1.807, 2.05) is 0 Å². The zero-order valence-electron chi connectivity index (χ0n) is 11.5. The fraction of sp³-hybridized carbons (Fsp3) is 0.846. The molecule has 0 spiro atoms. The van der Waals surface area contributed by atoms with Crippen molar-refractivity contribution in [2.45, 2.75) is 31.9 Å². The maximum absolute atomic E-state index is 12.8. The minimum atomic E-state index is -4.61. The predicted molar refractivity (Wildman–Crippen MR) is 67.6 cm³/mol. The van der Waals surface area contributed by atoms with Gasteiger partial charge < -0.3 is 15.3 Å². The fourth-order valence-corrected chi connectivity index (χ4v) is 3.11. The molecule has 2 atom stereocenters. The van der Waals surface area contributed by atoms with Crippen molar-refractivity contribution in [2.75, 3.05) is 19.6 Å². The van der Waals surface area contributed by atoms with Gasteiger partial charge in [-0.3, -0.25) is 4.79 Å². The van der Waals surface area contributed by atoms with Crippen molar-refractivity contribution in [3.63, 3.8) is 0 Å². The van der Waals surface area contributed by atoms with E-state index in [9.17, 15) is 22.8 Å². The Kier molecular flexibility index (Phi) is 4.63. The van der Waals surface area contributed by atoms with Crippen LogP contribution in [0.2, 0.25) is 0 Å². The van der Waals surface area contributed by atoms with E-state index in [4.69, 9.17) is 5.11 Å². The second kappa shape index (κ2) is 6.11. The third-order valence-electron chi connectivity index (χ3n) is 4.36. The van der Waals surface area contributed by atoms with Crippen LogP contribution in [0, 0.1) is 17.8 Å². The van der Waals surface area contributed by atoms with Gasteiger partial charge in [0.05, 0.1) is 11.8 Å². The monoisotopic (exact) mass is 308 g/mol. The third-order valence-corrected chi connectivity index (χ3v) is 4.36. The lowest BCUT2D eigenvalue weighted by atomic mass is 9.96. The average Bonchev–Trinajstić information content (AvgIpc) is 3.04. The van der Waals surface area contributed by atoms with Crippen LogP contribution in [0.25, 0.3) is 0 Å². The number of urea groups is 1. The van der Waals surface area contributed by atoms with E-state index in [-0.39, 0.29) is 0 Å². The summed E-state index contributed by atoms with van der Waals surface area (Å²) in [6.45, 7) is -0.531. The molecule has 2 amide bonds. The van der Waals surface area contributed by atoms with Crippen molar-refractivity contribution in [1.82, 2.24) is 10.2 Å². The smallest absolute Gasteiger partial charge is 0.394 e. The first kappa shape index (κ1) is 15.9. The first-order valence-electron chi connectivity index (χ1n) is 7.11. The summed E-state index contributed by atoms with van der Waals surface area (Å²) < 4.78 is 38.5. The number of halogens is 3. The zero-order chi connectivity index (χ0) is 15.6. The second-order valence-corrected chi connectivity index (χ2v) is 5.83. The Balaban J connectivity index is 1.91. The van der Waals surface area contributed by atoms with Crippen LogP contribution in [0.4, 0.5) is 18.0 Å². The van der Waals surface area contributed by atoms with Gasteiger partial charge in [-0.2, -0.15) is 13.2 Å².